The molecule has 2 fully saturated rings. The summed E-state index contributed by atoms with van der Waals surface area (Å²) in [7, 11) is 6.55. The van der Waals surface area contributed by atoms with Crippen LogP contribution in [0.1, 0.15) is 65.1 Å². The topological polar surface area (TPSA) is 309 Å². The molecule has 0 aliphatic carbocycles. The van der Waals surface area contributed by atoms with Crippen LogP contribution in [0.3, 0.4) is 0 Å². The Kier molecular flexibility index (Phi) is 23.2. The number of amidine groups is 1. The highest BCUT2D eigenvalue weighted by Crippen LogP contribution is 2.30. The largest absolute Gasteiger partial charge is 0.481 e. The molecule has 4 amide bonds. The molecule has 0 atom stereocenters. The molecule has 11 aromatic rings. The summed E-state index contributed by atoms with van der Waals surface area (Å²) in [4.78, 5) is 70.7. The summed E-state index contributed by atoms with van der Waals surface area (Å²) in [6, 6.07) is 40.7. The molecule has 6 N–H and O–H groups in total. The monoisotopic (exact) mass is 1330 g/mol. The number of carbonyl (C=O) groups excluding carboxylic acids is 4. The molecule has 5 aromatic heterocycles. The average Bonchev–Trinajstić information content (AvgIpc) is 1.69. The third kappa shape index (κ3) is 17.8. The zero-order valence-electron chi connectivity index (χ0n) is 52.4. The Labute approximate surface area is 543 Å². The first-order valence-electron chi connectivity index (χ1n) is 29.9. The number of rotatable bonds is 10. The number of carboxylic acids is 1. The quantitative estimate of drug-likeness (QED) is 0.0280. The minimum Gasteiger partial charge on any atom is -0.481 e. The van der Waals surface area contributed by atoms with Crippen molar-refractivity contribution in [3.05, 3.63) is 197 Å². The number of carboxylic acid groups (broad SMARTS) is 1. The zero-order chi connectivity index (χ0) is 67.3. The van der Waals surface area contributed by atoms with E-state index < -0.39 is 13.1 Å². The maximum atomic E-state index is 12.5. The first-order chi connectivity index (χ1) is 45.4. The second-order valence-electron chi connectivity index (χ2n) is 21.4. The van der Waals surface area contributed by atoms with Gasteiger partial charge in [-0.1, -0.05) is 105 Å². The first kappa shape index (κ1) is 66.3. The third-order valence-electron chi connectivity index (χ3n) is 15.4. The lowest BCUT2D eigenvalue weighted by atomic mass is 9.96. The SMILES string of the molecule is Cn1ncc2ccc(-c3noc(C4CCN(C(=O)CNC(=O)c5ccccc5)CC4)n3)cc21.Cn1ncc2ccc(/C(N)=N/O)cc21.Cn1ncc2ccc(Br)cc21.O=C(NCC(=O)N1CCC(C(=O)O)CC1)c1ccccc1.[2H]CF.[C-]#[N+]c1ccc2cnn(C)c2c1. The molecule has 27 heteroatoms. The lowest BCUT2D eigenvalue weighted by molar-refractivity contribution is -0.145. The molecule has 480 valence electrons. The van der Waals surface area contributed by atoms with Crippen LogP contribution in [-0.4, -0.2) is 151 Å². The Bertz CT molecular complexity index is 4450. The Morgan fingerprint density at radius 3 is 1.57 bits per heavy atom. The molecule has 2 saturated heterocycles. The second-order valence-corrected chi connectivity index (χ2v) is 22.3. The van der Waals surface area contributed by atoms with Crippen molar-refractivity contribution in [2.24, 2.45) is 45.0 Å². The fourth-order valence-corrected chi connectivity index (χ4v) is 10.5. The molecule has 7 heterocycles. The summed E-state index contributed by atoms with van der Waals surface area (Å²) in [6.45, 7) is 8.79. The van der Waals surface area contributed by atoms with Crippen LogP contribution in [0, 0.1) is 12.5 Å². The van der Waals surface area contributed by atoms with Gasteiger partial charge in [0, 0.05) is 109 Å². The Balaban J connectivity index is 0.000000159. The van der Waals surface area contributed by atoms with Crippen molar-refractivity contribution in [3.8, 4) is 11.4 Å². The van der Waals surface area contributed by atoms with Gasteiger partial charge in [0.1, 0.15) is 0 Å². The number of halogens is 2. The third-order valence-corrected chi connectivity index (χ3v) is 15.9. The maximum Gasteiger partial charge on any atom is 0.306 e. The molecule has 2 aliphatic heterocycles. The number of aromatic nitrogens is 10. The highest BCUT2D eigenvalue weighted by molar-refractivity contribution is 9.10. The minimum absolute atomic E-state index is 0.0143. The van der Waals surface area contributed by atoms with Gasteiger partial charge in [-0.2, -0.15) is 25.4 Å². The Hall–Kier alpha value is -11.1. The van der Waals surface area contributed by atoms with Crippen molar-refractivity contribution in [1.82, 2.24) is 69.7 Å². The number of likely N-dealkylation sites (tertiary alicyclic amines) is 2. The smallest absolute Gasteiger partial charge is 0.306 e. The van der Waals surface area contributed by atoms with Crippen molar-refractivity contribution in [3.63, 3.8) is 0 Å². The second kappa shape index (κ2) is 32.6. The van der Waals surface area contributed by atoms with Crippen LogP contribution in [0.4, 0.5) is 10.1 Å². The van der Waals surface area contributed by atoms with E-state index in [4.69, 9.17) is 28.5 Å². The van der Waals surface area contributed by atoms with E-state index in [0.29, 0.717) is 73.1 Å². The number of fused-ring (bicyclic) bond motifs is 4. The van der Waals surface area contributed by atoms with Gasteiger partial charge in [0.2, 0.25) is 23.5 Å². The summed E-state index contributed by atoms with van der Waals surface area (Å²) in [5.74, 6) is -0.618. The van der Waals surface area contributed by atoms with Gasteiger partial charge in [-0.05, 0) is 80.3 Å². The molecule has 13 rings (SSSR count). The summed E-state index contributed by atoms with van der Waals surface area (Å²) in [5, 5.41) is 50.7. The van der Waals surface area contributed by atoms with Crippen LogP contribution >= 0.6 is 15.9 Å². The van der Waals surface area contributed by atoms with Crippen molar-refractivity contribution in [1.29, 1.82) is 0 Å². The molecular formula is C66H69BrFN17O8. The Morgan fingerprint density at radius 2 is 1.09 bits per heavy atom. The van der Waals surface area contributed by atoms with Crippen molar-refractivity contribution in [2.45, 2.75) is 31.6 Å². The van der Waals surface area contributed by atoms with Gasteiger partial charge in [-0.15, -0.1) is 0 Å². The number of piperidine rings is 2. The molecule has 93 heavy (non-hydrogen) atoms. The van der Waals surface area contributed by atoms with Crippen molar-refractivity contribution >= 4 is 101 Å². The van der Waals surface area contributed by atoms with E-state index in [1.54, 1.807) is 92.2 Å². The summed E-state index contributed by atoms with van der Waals surface area (Å²) < 4.78 is 29.3. The summed E-state index contributed by atoms with van der Waals surface area (Å²) in [5.41, 5.74) is 12.9. The number of carbonyl (C=O) groups is 5. The number of aryl methyl sites for hydroxylation is 4. The number of amides is 4. The number of nitrogens with one attached hydrogen (secondary N) is 2. The average molecular weight is 1330 g/mol. The number of oxime groups is 1. The predicted molar refractivity (Wildman–Crippen MR) is 353 cm³/mol. The maximum absolute atomic E-state index is 12.5. The molecule has 0 bridgehead atoms. The molecule has 0 spiro atoms. The standard InChI is InChI=1S/C24H24N6O3.C15H18N2O4.C9H10N4O.C9H7N3.C8H7BrN2.CH3F/c1-29-20-13-18(7-8-19(20)14-26-29)22-27-24(33-28-22)17-9-11-30(12-10-17)21(31)15-25-23(32)16-5-3-2-4-6-16;18-13(17-8-6-12(7-9-17)15(20)21)10-16-14(19)11-4-2-1-3-5-11;1-13-8-4-6(9(10)12-14)2-3-7(8)5-11-13;1-10-8-4-3-7-6-11-12(2)9(7)5-8;1-11-8-4-7(9)3-2-6(8)5-10-11;1-2/h2-8,13-14,17H,9-12,15H2,1H3,(H,25,32);1-5,12H,6-10H2,(H,16,19)(H,20,21);2-5,14H,1H3,(H2,10,12);3-6H,2H3;2-5H,1H3;1H3/i;;;;;1D. The number of nitrogens with two attached hydrogens (primary N) is 1. The van der Waals surface area contributed by atoms with E-state index >= 15 is 0 Å². The van der Waals surface area contributed by atoms with Gasteiger partial charge in [-0.3, -0.25) is 47.1 Å². The molecule has 2 aliphatic rings. The molecule has 0 radical (unpaired) electrons. The number of hydrogen-bond donors (Lipinski definition) is 5. The highest BCUT2D eigenvalue weighted by Gasteiger charge is 2.29. The number of nitrogens with zero attached hydrogens (tertiary/aromatic N) is 14. The van der Waals surface area contributed by atoms with Gasteiger partial charge in [0.25, 0.3) is 11.8 Å². The summed E-state index contributed by atoms with van der Waals surface area (Å²) in [6.07, 6.45) is 9.65. The number of hydrogen-bond acceptors (Lipinski definition) is 14. The van der Waals surface area contributed by atoms with Crippen LogP contribution in [0.15, 0.2) is 172 Å². The van der Waals surface area contributed by atoms with E-state index in [1.807, 2.05) is 117 Å². The van der Waals surface area contributed by atoms with E-state index in [2.05, 4.69) is 73.2 Å². The van der Waals surface area contributed by atoms with Crippen LogP contribution in [0.2, 0.25) is 0 Å². The van der Waals surface area contributed by atoms with Crippen molar-refractivity contribution in [2.75, 3.05) is 46.4 Å². The van der Waals surface area contributed by atoms with Crippen LogP contribution in [0.25, 0.3) is 59.8 Å². The predicted octanol–water partition coefficient (Wildman–Crippen LogP) is 9.21. The van der Waals surface area contributed by atoms with Gasteiger partial charge < -0.3 is 41.0 Å². The fraction of sp³-hybridized carbons (Fsp3) is 0.258. The van der Waals surface area contributed by atoms with E-state index in [-0.39, 0.29) is 54.4 Å². The number of benzene rings is 6. The number of alkyl halides is 1. The van der Waals surface area contributed by atoms with E-state index in [0.717, 1.165) is 61.1 Å². The van der Waals surface area contributed by atoms with Crippen LogP contribution in [-0.2, 0) is 42.6 Å². The lowest BCUT2D eigenvalue weighted by Crippen LogP contribution is -2.45. The Morgan fingerprint density at radius 1 is 0.645 bits per heavy atom. The van der Waals surface area contributed by atoms with Gasteiger partial charge in [-0.25, -0.2) is 4.85 Å². The first-order valence-corrected chi connectivity index (χ1v) is 30.0. The van der Waals surface area contributed by atoms with Crippen molar-refractivity contribution < 1.29 is 44.6 Å². The normalized spacial score (nSPS) is 13.3. The summed E-state index contributed by atoms with van der Waals surface area (Å²) >= 11 is 3.41. The van der Waals surface area contributed by atoms with Gasteiger partial charge in [0.05, 0.1) is 81.0 Å². The fourth-order valence-electron chi connectivity index (χ4n) is 10.2. The van der Waals surface area contributed by atoms with Crippen LogP contribution in [0.5, 0.6) is 0 Å². The van der Waals surface area contributed by atoms with Gasteiger partial charge >= 0.3 is 5.97 Å². The van der Waals surface area contributed by atoms with E-state index in [9.17, 15) is 28.4 Å². The molecule has 25 nitrogen and oxygen atoms in total. The van der Waals surface area contributed by atoms with Gasteiger partial charge in [0.15, 0.2) is 11.5 Å². The molecule has 0 saturated carbocycles. The zero-order valence-corrected chi connectivity index (χ0v) is 53.0. The highest BCUT2D eigenvalue weighted by atomic mass is 79.9. The minimum atomic E-state index is -1.00. The molecular weight excluding hydrogens is 1260 g/mol. The molecule has 6 aromatic carbocycles. The lowest BCUT2D eigenvalue weighted by Gasteiger charge is -2.30. The number of aliphatic carboxylic acids is 1. The molecule has 0 unspecified atom stereocenters. The van der Waals surface area contributed by atoms with Crippen LogP contribution < -0.4 is 16.4 Å². The van der Waals surface area contributed by atoms with E-state index in [1.165, 1.54) is 5.39 Å².